The van der Waals surface area contributed by atoms with Crippen LogP contribution in [0.1, 0.15) is 17.4 Å². The molecule has 1 fully saturated rings. The molecule has 0 atom stereocenters. The van der Waals surface area contributed by atoms with Gasteiger partial charge in [0, 0.05) is 45.5 Å². The van der Waals surface area contributed by atoms with Gasteiger partial charge in [-0.25, -0.2) is 9.97 Å². The molecule has 0 bridgehead atoms. The molecule has 2 aromatic heterocycles. The van der Waals surface area contributed by atoms with E-state index in [1.165, 1.54) is 6.92 Å². The lowest BCUT2D eigenvalue weighted by Crippen LogP contribution is -2.47. The first kappa shape index (κ1) is 13.5. The highest BCUT2D eigenvalue weighted by atomic mass is 16.1. The molecule has 1 aliphatic heterocycles. The molecule has 3 heterocycles. The maximum Gasteiger partial charge on any atom is 0.225 e. The SMILES string of the molecule is CC(=O)c1ccc(N2CCN(c3ncccn3)CC2)cn1. The van der Waals surface area contributed by atoms with Gasteiger partial charge in [0.25, 0.3) is 0 Å². The van der Waals surface area contributed by atoms with Gasteiger partial charge in [-0.2, -0.15) is 0 Å². The van der Waals surface area contributed by atoms with Gasteiger partial charge in [0.2, 0.25) is 5.95 Å². The molecule has 3 rings (SSSR count). The number of aromatic nitrogens is 3. The van der Waals surface area contributed by atoms with Gasteiger partial charge in [-0.3, -0.25) is 9.78 Å². The highest BCUT2D eigenvalue weighted by Crippen LogP contribution is 2.17. The van der Waals surface area contributed by atoms with Crippen LogP contribution in [0.2, 0.25) is 0 Å². The number of rotatable bonds is 3. The fourth-order valence-electron chi connectivity index (χ4n) is 2.40. The average molecular weight is 283 g/mol. The Bertz CT molecular complexity index is 606. The maximum absolute atomic E-state index is 11.2. The van der Waals surface area contributed by atoms with E-state index >= 15 is 0 Å². The number of carbonyl (C=O) groups excluding carboxylic acids is 1. The molecule has 108 valence electrons. The molecule has 2 aromatic rings. The van der Waals surface area contributed by atoms with Crippen LogP contribution in [-0.4, -0.2) is 46.9 Å². The minimum atomic E-state index is -0.00686. The molecule has 6 heteroatoms. The standard InChI is InChI=1S/C15H17N5O/c1-12(21)14-4-3-13(11-18-14)19-7-9-20(10-8-19)15-16-5-2-6-17-15/h2-6,11H,7-10H2,1H3. The molecule has 0 N–H and O–H groups in total. The van der Waals surface area contributed by atoms with Crippen molar-refractivity contribution in [2.24, 2.45) is 0 Å². The molecule has 0 aromatic carbocycles. The quantitative estimate of drug-likeness (QED) is 0.794. The normalized spacial score (nSPS) is 15.1. The third-order valence-corrected chi connectivity index (χ3v) is 3.59. The predicted octanol–water partition coefficient (Wildman–Crippen LogP) is 1.40. The molecule has 0 unspecified atom stereocenters. The monoisotopic (exact) mass is 283 g/mol. The third kappa shape index (κ3) is 2.99. The first-order valence-electron chi connectivity index (χ1n) is 6.98. The summed E-state index contributed by atoms with van der Waals surface area (Å²) in [5.41, 5.74) is 1.56. The molecule has 21 heavy (non-hydrogen) atoms. The van der Waals surface area contributed by atoms with Crippen molar-refractivity contribution in [1.29, 1.82) is 0 Å². The van der Waals surface area contributed by atoms with Crippen molar-refractivity contribution < 1.29 is 4.79 Å². The Morgan fingerprint density at radius 1 is 1.00 bits per heavy atom. The molecule has 1 saturated heterocycles. The van der Waals surface area contributed by atoms with E-state index in [9.17, 15) is 4.79 Å². The maximum atomic E-state index is 11.2. The zero-order valence-corrected chi connectivity index (χ0v) is 11.9. The Morgan fingerprint density at radius 3 is 2.24 bits per heavy atom. The van der Waals surface area contributed by atoms with Crippen molar-refractivity contribution in [3.05, 3.63) is 42.5 Å². The number of hydrogen-bond acceptors (Lipinski definition) is 6. The summed E-state index contributed by atoms with van der Waals surface area (Å²) in [6.45, 7) is 5.05. The van der Waals surface area contributed by atoms with Crippen LogP contribution in [0.3, 0.4) is 0 Å². The van der Waals surface area contributed by atoms with Crippen molar-refractivity contribution in [1.82, 2.24) is 15.0 Å². The van der Waals surface area contributed by atoms with E-state index in [0.717, 1.165) is 37.8 Å². The van der Waals surface area contributed by atoms with Gasteiger partial charge in [-0.05, 0) is 18.2 Å². The summed E-state index contributed by atoms with van der Waals surface area (Å²) in [4.78, 5) is 28.4. The Labute approximate surface area is 123 Å². The van der Waals surface area contributed by atoms with E-state index in [-0.39, 0.29) is 5.78 Å². The van der Waals surface area contributed by atoms with E-state index in [1.807, 2.05) is 12.1 Å². The number of pyridine rings is 1. The minimum absolute atomic E-state index is 0.00686. The van der Waals surface area contributed by atoms with Gasteiger partial charge in [0.15, 0.2) is 5.78 Å². The molecule has 0 aliphatic carbocycles. The summed E-state index contributed by atoms with van der Waals surface area (Å²) in [6, 6.07) is 5.56. The Morgan fingerprint density at radius 2 is 1.67 bits per heavy atom. The fraction of sp³-hybridized carbons (Fsp3) is 0.333. The highest BCUT2D eigenvalue weighted by Gasteiger charge is 2.19. The minimum Gasteiger partial charge on any atom is -0.367 e. The van der Waals surface area contributed by atoms with Crippen molar-refractivity contribution >= 4 is 17.4 Å². The first-order valence-corrected chi connectivity index (χ1v) is 6.98. The smallest absolute Gasteiger partial charge is 0.225 e. The summed E-state index contributed by atoms with van der Waals surface area (Å²) in [7, 11) is 0. The lowest BCUT2D eigenvalue weighted by Gasteiger charge is -2.35. The third-order valence-electron chi connectivity index (χ3n) is 3.59. The zero-order chi connectivity index (χ0) is 14.7. The molecular formula is C15H17N5O. The van der Waals surface area contributed by atoms with Crippen molar-refractivity contribution in [3.63, 3.8) is 0 Å². The number of hydrogen-bond donors (Lipinski definition) is 0. The number of anilines is 2. The van der Waals surface area contributed by atoms with E-state index in [0.29, 0.717) is 5.69 Å². The van der Waals surface area contributed by atoms with Crippen molar-refractivity contribution in [3.8, 4) is 0 Å². The number of Topliss-reactive ketones (excluding diaryl/α,β-unsaturated/α-hetero) is 1. The lowest BCUT2D eigenvalue weighted by molar-refractivity contribution is 0.101. The number of nitrogens with zero attached hydrogens (tertiary/aromatic N) is 5. The van der Waals surface area contributed by atoms with Crippen LogP contribution in [0, 0.1) is 0 Å². The van der Waals surface area contributed by atoms with E-state index in [2.05, 4.69) is 24.8 Å². The largest absolute Gasteiger partial charge is 0.367 e. The Hall–Kier alpha value is -2.50. The van der Waals surface area contributed by atoms with Crippen molar-refractivity contribution in [2.45, 2.75) is 6.92 Å². The molecule has 6 nitrogen and oxygen atoms in total. The van der Waals surface area contributed by atoms with Crippen LogP contribution in [0.25, 0.3) is 0 Å². The highest BCUT2D eigenvalue weighted by molar-refractivity contribution is 5.92. The van der Waals surface area contributed by atoms with Gasteiger partial charge in [0.05, 0.1) is 11.9 Å². The topological polar surface area (TPSA) is 62.2 Å². The van der Waals surface area contributed by atoms with Crippen molar-refractivity contribution in [2.75, 3.05) is 36.0 Å². The fourth-order valence-corrected chi connectivity index (χ4v) is 2.40. The summed E-state index contributed by atoms with van der Waals surface area (Å²) in [5, 5.41) is 0. The van der Waals surface area contributed by atoms with Crippen LogP contribution in [0.5, 0.6) is 0 Å². The number of ketones is 1. The van der Waals surface area contributed by atoms with E-state index in [1.54, 1.807) is 24.7 Å². The Balaban J connectivity index is 1.64. The van der Waals surface area contributed by atoms with Crippen LogP contribution in [0.4, 0.5) is 11.6 Å². The molecule has 0 amide bonds. The second-order valence-corrected chi connectivity index (χ2v) is 4.98. The van der Waals surface area contributed by atoms with Gasteiger partial charge in [-0.1, -0.05) is 0 Å². The summed E-state index contributed by atoms with van der Waals surface area (Å²) in [6.07, 6.45) is 5.30. The van der Waals surface area contributed by atoms with Crippen LogP contribution < -0.4 is 9.80 Å². The summed E-state index contributed by atoms with van der Waals surface area (Å²) >= 11 is 0. The van der Waals surface area contributed by atoms with Crippen LogP contribution in [0.15, 0.2) is 36.8 Å². The summed E-state index contributed by atoms with van der Waals surface area (Å²) in [5.74, 6) is 0.773. The zero-order valence-electron chi connectivity index (χ0n) is 11.9. The van der Waals surface area contributed by atoms with E-state index < -0.39 is 0 Å². The average Bonchev–Trinajstić information content (AvgIpc) is 2.56. The predicted molar refractivity (Wildman–Crippen MR) is 80.7 cm³/mol. The van der Waals surface area contributed by atoms with Gasteiger partial charge in [-0.15, -0.1) is 0 Å². The molecule has 0 saturated carbocycles. The van der Waals surface area contributed by atoms with Crippen LogP contribution in [-0.2, 0) is 0 Å². The first-order chi connectivity index (χ1) is 10.2. The van der Waals surface area contributed by atoms with Gasteiger partial charge >= 0.3 is 0 Å². The molecule has 1 aliphatic rings. The Kier molecular flexibility index (Phi) is 3.77. The number of piperazine rings is 1. The van der Waals surface area contributed by atoms with Crippen LogP contribution >= 0.6 is 0 Å². The van der Waals surface area contributed by atoms with E-state index in [4.69, 9.17) is 0 Å². The van der Waals surface area contributed by atoms with Gasteiger partial charge in [0.1, 0.15) is 5.69 Å². The molecule has 0 radical (unpaired) electrons. The molecular weight excluding hydrogens is 266 g/mol. The molecule has 0 spiro atoms. The lowest BCUT2D eigenvalue weighted by atomic mass is 10.2. The second-order valence-electron chi connectivity index (χ2n) is 4.98. The van der Waals surface area contributed by atoms with Gasteiger partial charge < -0.3 is 9.80 Å². The second kappa shape index (κ2) is 5.87. The number of carbonyl (C=O) groups is 1. The summed E-state index contributed by atoms with van der Waals surface area (Å²) < 4.78 is 0.